The van der Waals surface area contributed by atoms with Crippen molar-refractivity contribution in [3.63, 3.8) is 0 Å². The fourth-order valence-electron chi connectivity index (χ4n) is 2.28. The number of Topliss-reactive ketones (excluding diaryl/α,β-unsaturated/α-hetero) is 1. The molecule has 104 valence electrons. The van der Waals surface area contributed by atoms with Gasteiger partial charge < -0.3 is 0 Å². The van der Waals surface area contributed by atoms with E-state index >= 15 is 0 Å². The molecule has 0 atom stereocenters. The third-order valence-corrected chi connectivity index (χ3v) is 4.17. The highest BCUT2D eigenvalue weighted by molar-refractivity contribution is 6.42. The van der Waals surface area contributed by atoms with Crippen molar-refractivity contribution in [3.05, 3.63) is 75.9 Å². The molecular weight excluding hydrogens is 305 g/mol. The summed E-state index contributed by atoms with van der Waals surface area (Å²) in [6.07, 6.45) is 1.89. The Morgan fingerprint density at radius 2 is 1.76 bits per heavy atom. The van der Waals surface area contributed by atoms with Gasteiger partial charge >= 0.3 is 0 Å². The van der Waals surface area contributed by atoms with Gasteiger partial charge in [-0.1, -0.05) is 53.5 Å². The first-order chi connectivity index (χ1) is 10.2. The Morgan fingerprint density at radius 3 is 2.62 bits per heavy atom. The predicted octanol–water partition coefficient (Wildman–Crippen LogP) is 4.97. The zero-order chi connectivity index (χ0) is 14.8. The van der Waals surface area contributed by atoms with Gasteiger partial charge in [0.15, 0.2) is 5.78 Å². The van der Waals surface area contributed by atoms with Gasteiger partial charge in [-0.15, -0.1) is 0 Å². The Hall–Kier alpha value is -1.90. The van der Waals surface area contributed by atoms with Gasteiger partial charge in [-0.05, 0) is 23.8 Å². The van der Waals surface area contributed by atoms with Crippen LogP contribution in [-0.2, 0) is 6.42 Å². The Balaban J connectivity index is 2.00. The normalized spacial score (nSPS) is 10.8. The van der Waals surface area contributed by atoms with Crippen LogP contribution in [0.3, 0.4) is 0 Å². The summed E-state index contributed by atoms with van der Waals surface area (Å²) in [5, 5.41) is 1.83. The second-order valence-corrected chi connectivity index (χ2v) is 5.48. The second-order valence-electron chi connectivity index (χ2n) is 4.69. The molecule has 1 heterocycles. The van der Waals surface area contributed by atoms with E-state index in [1.807, 2.05) is 30.3 Å². The van der Waals surface area contributed by atoms with E-state index in [2.05, 4.69) is 4.98 Å². The van der Waals surface area contributed by atoms with Crippen LogP contribution >= 0.6 is 23.2 Å². The maximum Gasteiger partial charge on any atom is 0.169 e. The fraction of sp³-hybridized carbons (Fsp3) is 0.0588. The van der Waals surface area contributed by atoms with Crippen molar-refractivity contribution in [1.82, 2.24) is 4.98 Å². The quantitative estimate of drug-likeness (QED) is 0.639. The van der Waals surface area contributed by atoms with Gasteiger partial charge in [-0.3, -0.25) is 9.78 Å². The number of nitrogens with zero attached hydrogens (tertiary/aromatic N) is 1. The van der Waals surface area contributed by atoms with Gasteiger partial charge in [0, 0.05) is 23.6 Å². The number of carbonyl (C=O) groups is 1. The number of hydrogen-bond acceptors (Lipinski definition) is 2. The summed E-state index contributed by atoms with van der Waals surface area (Å²) in [6.45, 7) is 0. The number of carbonyl (C=O) groups excluding carboxylic acids is 1. The molecule has 0 saturated carbocycles. The molecule has 3 rings (SSSR count). The standard InChI is InChI=1S/C17H11Cl2NO/c18-14-8-2-5-12(16(14)19)10-15(21)13-7-1-4-11-6-3-9-20-17(11)13/h1-9H,10H2. The minimum absolute atomic E-state index is 0.0246. The Bertz CT molecular complexity index is 825. The number of halogens is 2. The largest absolute Gasteiger partial charge is 0.294 e. The molecule has 0 spiro atoms. The van der Waals surface area contributed by atoms with E-state index in [4.69, 9.17) is 23.2 Å². The van der Waals surface area contributed by atoms with Crippen LogP contribution in [0.4, 0.5) is 0 Å². The predicted molar refractivity (Wildman–Crippen MR) is 86.2 cm³/mol. The summed E-state index contributed by atoms with van der Waals surface area (Å²) in [6, 6.07) is 14.7. The van der Waals surface area contributed by atoms with Crippen molar-refractivity contribution in [2.75, 3.05) is 0 Å². The molecule has 0 aliphatic carbocycles. The number of para-hydroxylation sites is 1. The molecule has 4 heteroatoms. The molecule has 1 aromatic heterocycles. The van der Waals surface area contributed by atoms with Crippen LogP contribution in [-0.4, -0.2) is 10.8 Å². The van der Waals surface area contributed by atoms with Crippen LogP contribution in [0.1, 0.15) is 15.9 Å². The van der Waals surface area contributed by atoms with Gasteiger partial charge in [0.1, 0.15) is 0 Å². The van der Waals surface area contributed by atoms with Crippen molar-refractivity contribution in [1.29, 1.82) is 0 Å². The first-order valence-corrected chi connectivity index (χ1v) is 7.22. The summed E-state index contributed by atoms with van der Waals surface area (Å²) >= 11 is 12.1. The number of ketones is 1. The maximum atomic E-state index is 12.5. The molecule has 2 aromatic carbocycles. The molecule has 0 aliphatic rings. The van der Waals surface area contributed by atoms with Crippen molar-refractivity contribution >= 4 is 39.9 Å². The molecule has 21 heavy (non-hydrogen) atoms. The van der Waals surface area contributed by atoms with Crippen LogP contribution in [0.15, 0.2) is 54.7 Å². The lowest BCUT2D eigenvalue weighted by Gasteiger charge is -2.07. The van der Waals surface area contributed by atoms with Gasteiger partial charge in [0.2, 0.25) is 0 Å². The molecule has 0 unspecified atom stereocenters. The molecule has 0 N–H and O–H groups in total. The summed E-state index contributed by atoms with van der Waals surface area (Å²) in [7, 11) is 0. The molecular formula is C17H11Cl2NO. The van der Waals surface area contributed by atoms with Crippen LogP contribution in [0, 0.1) is 0 Å². The minimum atomic E-state index is -0.0246. The van der Waals surface area contributed by atoms with Gasteiger partial charge in [-0.2, -0.15) is 0 Å². The van der Waals surface area contributed by atoms with Crippen molar-refractivity contribution in [3.8, 4) is 0 Å². The Labute approximate surface area is 132 Å². The zero-order valence-corrected chi connectivity index (χ0v) is 12.5. The number of pyridine rings is 1. The average molecular weight is 316 g/mol. The lowest BCUT2D eigenvalue weighted by molar-refractivity contribution is 0.0994. The molecule has 0 radical (unpaired) electrons. The van der Waals surface area contributed by atoms with Crippen LogP contribution < -0.4 is 0 Å². The highest BCUT2D eigenvalue weighted by Gasteiger charge is 2.14. The lowest BCUT2D eigenvalue weighted by Crippen LogP contribution is -2.05. The monoisotopic (exact) mass is 315 g/mol. The van der Waals surface area contributed by atoms with E-state index in [1.54, 1.807) is 24.4 Å². The molecule has 2 nitrogen and oxygen atoms in total. The first-order valence-electron chi connectivity index (χ1n) is 6.46. The van der Waals surface area contributed by atoms with Crippen LogP contribution in [0.2, 0.25) is 10.0 Å². The number of hydrogen-bond donors (Lipinski definition) is 0. The topological polar surface area (TPSA) is 30.0 Å². The summed E-state index contributed by atoms with van der Waals surface area (Å²) in [5.41, 5.74) is 2.04. The first kappa shape index (κ1) is 14.1. The third-order valence-electron chi connectivity index (χ3n) is 3.32. The zero-order valence-electron chi connectivity index (χ0n) is 11.0. The summed E-state index contributed by atoms with van der Waals surface area (Å²) in [4.78, 5) is 16.9. The molecule has 0 saturated heterocycles. The Morgan fingerprint density at radius 1 is 1.00 bits per heavy atom. The second kappa shape index (κ2) is 5.84. The van der Waals surface area contributed by atoms with E-state index in [0.29, 0.717) is 21.1 Å². The van der Waals surface area contributed by atoms with Gasteiger partial charge in [0.05, 0.1) is 15.6 Å². The number of aromatic nitrogens is 1. The molecule has 0 amide bonds. The minimum Gasteiger partial charge on any atom is -0.294 e. The molecule has 0 bridgehead atoms. The summed E-state index contributed by atoms with van der Waals surface area (Å²) < 4.78 is 0. The highest BCUT2D eigenvalue weighted by atomic mass is 35.5. The van der Waals surface area contributed by atoms with Crippen molar-refractivity contribution in [2.45, 2.75) is 6.42 Å². The SMILES string of the molecule is O=C(Cc1cccc(Cl)c1Cl)c1cccc2cccnc12. The Kier molecular flexibility index (Phi) is 3.91. The smallest absolute Gasteiger partial charge is 0.169 e. The van der Waals surface area contributed by atoms with Crippen LogP contribution in [0.5, 0.6) is 0 Å². The lowest BCUT2D eigenvalue weighted by atomic mass is 10.0. The number of fused-ring (bicyclic) bond motifs is 1. The average Bonchev–Trinajstić information content (AvgIpc) is 2.51. The van der Waals surface area contributed by atoms with E-state index < -0.39 is 0 Å². The van der Waals surface area contributed by atoms with E-state index in [-0.39, 0.29) is 12.2 Å². The van der Waals surface area contributed by atoms with Crippen molar-refractivity contribution in [2.24, 2.45) is 0 Å². The van der Waals surface area contributed by atoms with Gasteiger partial charge in [-0.25, -0.2) is 0 Å². The third kappa shape index (κ3) is 2.78. The van der Waals surface area contributed by atoms with E-state index in [0.717, 1.165) is 10.9 Å². The van der Waals surface area contributed by atoms with Crippen LogP contribution in [0.25, 0.3) is 10.9 Å². The number of benzene rings is 2. The highest BCUT2D eigenvalue weighted by Crippen LogP contribution is 2.27. The fourth-order valence-corrected chi connectivity index (χ4v) is 2.67. The molecule has 0 aliphatic heterocycles. The van der Waals surface area contributed by atoms with Crippen molar-refractivity contribution < 1.29 is 4.79 Å². The van der Waals surface area contributed by atoms with Gasteiger partial charge in [0.25, 0.3) is 0 Å². The molecule has 3 aromatic rings. The number of rotatable bonds is 3. The van der Waals surface area contributed by atoms with E-state index in [1.165, 1.54) is 0 Å². The summed E-state index contributed by atoms with van der Waals surface area (Å²) in [5.74, 6) is -0.0246. The van der Waals surface area contributed by atoms with E-state index in [9.17, 15) is 4.79 Å². The molecule has 0 fully saturated rings. The maximum absolute atomic E-state index is 12.5.